The molecule has 1 aliphatic heterocycles. The Labute approximate surface area is 146 Å². The Morgan fingerprint density at radius 1 is 1.38 bits per heavy atom. The summed E-state index contributed by atoms with van der Waals surface area (Å²) in [7, 11) is 3.91. The van der Waals surface area contributed by atoms with Crippen molar-refractivity contribution in [3.05, 3.63) is 29.3 Å². The maximum atomic E-state index is 5.40. The fraction of sp³-hybridized carbons (Fsp3) is 0.632. The SMILES string of the molecule is CCNC(=NCC1CCN(C)C1)NCCc1ccc(C)c(OC)c1. The van der Waals surface area contributed by atoms with Crippen LogP contribution in [0.1, 0.15) is 24.5 Å². The molecule has 1 fully saturated rings. The van der Waals surface area contributed by atoms with Gasteiger partial charge in [0.1, 0.15) is 5.75 Å². The van der Waals surface area contributed by atoms with Crippen LogP contribution in [0.3, 0.4) is 0 Å². The quantitative estimate of drug-likeness (QED) is 0.593. The van der Waals surface area contributed by atoms with E-state index in [1.807, 2.05) is 0 Å². The minimum Gasteiger partial charge on any atom is -0.496 e. The molecule has 2 rings (SSSR count). The van der Waals surface area contributed by atoms with Crippen LogP contribution >= 0.6 is 0 Å². The van der Waals surface area contributed by atoms with Gasteiger partial charge in [0.05, 0.1) is 7.11 Å². The standard InChI is InChI=1S/C19H32N4O/c1-5-20-19(22-13-17-9-11-23(3)14-17)21-10-8-16-7-6-15(2)18(12-16)24-4/h6-7,12,17H,5,8-11,13-14H2,1-4H3,(H2,20,21,22). The molecule has 1 aliphatic rings. The van der Waals surface area contributed by atoms with Gasteiger partial charge in [-0.3, -0.25) is 4.99 Å². The average molecular weight is 332 g/mol. The van der Waals surface area contributed by atoms with Gasteiger partial charge in [-0.15, -0.1) is 0 Å². The zero-order chi connectivity index (χ0) is 17.4. The summed E-state index contributed by atoms with van der Waals surface area (Å²) in [4.78, 5) is 7.13. The van der Waals surface area contributed by atoms with E-state index in [4.69, 9.17) is 9.73 Å². The third-order valence-electron chi connectivity index (χ3n) is 4.52. The lowest BCUT2D eigenvalue weighted by Gasteiger charge is -2.13. The molecule has 0 saturated carbocycles. The van der Waals surface area contributed by atoms with Crippen molar-refractivity contribution in [3.8, 4) is 5.75 Å². The average Bonchev–Trinajstić information content (AvgIpc) is 2.99. The Bertz CT molecular complexity index is 544. The van der Waals surface area contributed by atoms with E-state index >= 15 is 0 Å². The number of hydrogen-bond donors (Lipinski definition) is 2. The molecule has 1 aromatic carbocycles. The van der Waals surface area contributed by atoms with Gasteiger partial charge in [0.25, 0.3) is 0 Å². The third kappa shape index (κ3) is 5.71. The molecule has 134 valence electrons. The molecule has 1 unspecified atom stereocenters. The monoisotopic (exact) mass is 332 g/mol. The Morgan fingerprint density at radius 2 is 2.21 bits per heavy atom. The second-order valence-electron chi connectivity index (χ2n) is 6.62. The Morgan fingerprint density at radius 3 is 2.88 bits per heavy atom. The molecule has 24 heavy (non-hydrogen) atoms. The number of guanidine groups is 1. The molecule has 0 spiro atoms. The van der Waals surface area contributed by atoms with Crippen LogP contribution in [0.25, 0.3) is 0 Å². The summed E-state index contributed by atoms with van der Waals surface area (Å²) in [5, 5.41) is 6.78. The van der Waals surface area contributed by atoms with E-state index in [0.29, 0.717) is 5.92 Å². The Kier molecular flexibility index (Phi) is 7.37. The van der Waals surface area contributed by atoms with Crippen molar-refractivity contribution in [1.29, 1.82) is 0 Å². The van der Waals surface area contributed by atoms with Gasteiger partial charge in [-0.05, 0) is 63.4 Å². The summed E-state index contributed by atoms with van der Waals surface area (Å²) < 4.78 is 5.40. The first-order valence-corrected chi connectivity index (χ1v) is 8.96. The topological polar surface area (TPSA) is 48.9 Å². The minimum atomic E-state index is 0.687. The summed E-state index contributed by atoms with van der Waals surface area (Å²) in [6.07, 6.45) is 2.20. The molecule has 0 radical (unpaired) electrons. The molecule has 1 heterocycles. The van der Waals surface area contributed by atoms with E-state index in [2.05, 4.69) is 54.6 Å². The fourth-order valence-electron chi connectivity index (χ4n) is 3.08. The first-order valence-electron chi connectivity index (χ1n) is 8.96. The lowest BCUT2D eigenvalue weighted by atomic mass is 10.1. The smallest absolute Gasteiger partial charge is 0.191 e. The van der Waals surface area contributed by atoms with Crippen molar-refractivity contribution in [2.24, 2.45) is 10.9 Å². The summed E-state index contributed by atoms with van der Waals surface area (Å²) in [5.41, 5.74) is 2.45. The molecule has 1 saturated heterocycles. The molecule has 0 aromatic heterocycles. The summed E-state index contributed by atoms with van der Waals surface area (Å²) >= 11 is 0. The maximum absolute atomic E-state index is 5.40. The van der Waals surface area contributed by atoms with Crippen LogP contribution in [-0.2, 0) is 6.42 Å². The fourth-order valence-corrected chi connectivity index (χ4v) is 3.08. The molecule has 0 amide bonds. The van der Waals surface area contributed by atoms with Crippen LogP contribution in [0.5, 0.6) is 5.75 Å². The Hall–Kier alpha value is -1.75. The maximum Gasteiger partial charge on any atom is 0.191 e. The largest absolute Gasteiger partial charge is 0.496 e. The van der Waals surface area contributed by atoms with Crippen molar-refractivity contribution in [3.63, 3.8) is 0 Å². The number of hydrogen-bond acceptors (Lipinski definition) is 3. The van der Waals surface area contributed by atoms with Gasteiger partial charge in [-0.1, -0.05) is 12.1 Å². The number of ether oxygens (including phenoxy) is 1. The predicted octanol–water partition coefficient (Wildman–Crippen LogP) is 2.05. The van der Waals surface area contributed by atoms with Gasteiger partial charge in [0.15, 0.2) is 5.96 Å². The third-order valence-corrected chi connectivity index (χ3v) is 4.52. The van der Waals surface area contributed by atoms with E-state index in [9.17, 15) is 0 Å². The molecule has 5 heteroatoms. The van der Waals surface area contributed by atoms with Gasteiger partial charge in [0.2, 0.25) is 0 Å². The molecule has 1 atom stereocenters. The molecule has 1 aromatic rings. The van der Waals surface area contributed by atoms with Crippen LogP contribution < -0.4 is 15.4 Å². The molecule has 2 N–H and O–H groups in total. The van der Waals surface area contributed by atoms with Gasteiger partial charge in [-0.25, -0.2) is 0 Å². The van der Waals surface area contributed by atoms with Crippen LogP contribution in [-0.4, -0.2) is 57.7 Å². The molecular formula is C19H32N4O. The lowest BCUT2D eigenvalue weighted by molar-refractivity contribution is 0.397. The first kappa shape index (κ1) is 18.6. The number of nitrogens with zero attached hydrogens (tertiary/aromatic N) is 2. The highest BCUT2D eigenvalue weighted by atomic mass is 16.5. The highest BCUT2D eigenvalue weighted by molar-refractivity contribution is 5.79. The van der Waals surface area contributed by atoms with Crippen molar-refractivity contribution in [1.82, 2.24) is 15.5 Å². The number of aliphatic imine (C=N–C) groups is 1. The number of likely N-dealkylation sites (tertiary alicyclic amines) is 1. The predicted molar refractivity (Wildman–Crippen MR) is 101 cm³/mol. The Balaban J connectivity index is 1.82. The van der Waals surface area contributed by atoms with Gasteiger partial charge in [-0.2, -0.15) is 0 Å². The van der Waals surface area contributed by atoms with E-state index in [1.54, 1.807) is 7.11 Å². The first-order chi connectivity index (χ1) is 11.6. The van der Waals surface area contributed by atoms with E-state index in [-0.39, 0.29) is 0 Å². The van der Waals surface area contributed by atoms with Gasteiger partial charge >= 0.3 is 0 Å². The second-order valence-corrected chi connectivity index (χ2v) is 6.62. The van der Waals surface area contributed by atoms with Crippen LogP contribution in [0.4, 0.5) is 0 Å². The van der Waals surface area contributed by atoms with Crippen molar-refractivity contribution in [2.45, 2.75) is 26.7 Å². The van der Waals surface area contributed by atoms with Crippen LogP contribution in [0.15, 0.2) is 23.2 Å². The number of methoxy groups -OCH3 is 1. The number of nitrogens with one attached hydrogen (secondary N) is 2. The normalized spacial score (nSPS) is 18.7. The van der Waals surface area contributed by atoms with Gasteiger partial charge < -0.3 is 20.3 Å². The van der Waals surface area contributed by atoms with E-state index < -0.39 is 0 Å². The van der Waals surface area contributed by atoms with Crippen molar-refractivity contribution in [2.75, 3.05) is 46.9 Å². The van der Waals surface area contributed by atoms with Crippen molar-refractivity contribution >= 4 is 5.96 Å². The zero-order valence-electron chi connectivity index (χ0n) is 15.6. The summed E-state index contributed by atoms with van der Waals surface area (Å²) in [5.74, 6) is 2.57. The zero-order valence-corrected chi connectivity index (χ0v) is 15.6. The highest BCUT2D eigenvalue weighted by Crippen LogP contribution is 2.19. The number of aryl methyl sites for hydroxylation is 1. The molecule has 0 aliphatic carbocycles. The second kappa shape index (κ2) is 9.52. The summed E-state index contributed by atoms with van der Waals surface area (Å²) in [6.45, 7) is 9.17. The van der Waals surface area contributed by atoms with E-state index in [1.165, 1.54) is 24.1 Å². The molecule has 5 nitrogen and oxygen atoms in total. The molecule has 0 bridgehead atoms. The minimum absolute atomic E-state index is 0.687. The molecular weight excluding hydrogens is 300 g/mol. The van der Waals surface area contributed by atoms with Gasteiger partial charge in [0, 0.05) is 26.2 Å². The van der Waals surface area contributed by atoms with Crippen LogP contribution in [0, 0.1) is 12.8 Å². The van der Waals surface area contributed by atoms with E-state index in [0.717, 1.165) is 44.3 Å². The number of benzene rings is 1. The van der Waals surface area contributed by atoms with Crippen molar-refractivity contribution < 1.29 is 4.74 Å². The lowest BCUT2D eigenvalue weighted by Crippen LogP contribution is -2.38. The number of rotatable bonds is 7. The van der Waals surface area contributed by atoms with Crippen LogP contribution in [0.2, 0.25) is 0 Å². The summed E-state index contributed by atoms with van der Waals surface area (Å²) in [6, 6.07) is 6.40. The highest BCUT2D eigenvalue weighted by Gasteiger charge is 2.18.